The highest BCUT2D eigenvalue weighted by molar-refractivity contribution is 7.99. The van der Waals surface area contributed by atoms with E-state index in [4.69, 9.17) is 5.11 Å². The van der Waals surface area contributed by atoms with Gasteiger partial charge in [-0.1, -0.05) is 37.3 Å². The SMILES string of the molecule is CCC(C(=O)N1CCSCC1CC(=O)O)c1ccccc1. The predicted octanol–water partition coefficient (Wildman–Crippen LogP) is 2.60. The van der Waals surface area contributed by atoms with E-state index in [9.17, 15) is 9.59 Å². The van der Waals surface area contributed by atoms with Crippen molar-refractivity contribution in [3.63, 3.8) is 0 Å². The summed E-state index contributed by atoms with van der Waals surface area (Å²) < 4.78 is 0. The molecule has 0 aliphatic carbocycles. The molecule has 0 radical (unpaired) electrons. The minimum atomic E-state index is -0.840. The van der Waals surface area contributed by atoms with Crippen molar-refractivity contribution in [1.82, 2.24) is 4.90 Å². The van der Waals surface area contributed by atoms with E-state index in [1.54, 1.807) is 16.7 Å². The highest BCUT2D eigenvalue weighted by Gasteiger charge is 2.32. The van der Waals surface area contributed by atoms with E-state index in [1.807, 2.05) is 37.3 Å². The Bertz CT molecular complexity index is 492. The zero-order valence-electron chi connectivity index (χ0n) is 12.2. The molecule has 4 nitrogen and oxygen atoms in total. The van der Waals surface area contributed by atoms with Crippen molar-refractivity contribution in [3.8, 4) is 0 Å². The molecule has 21 heavy (non-hydrogen) atoms. The van der Waals surface area contributed by atoms with Crippen LogP contribution in [0.15, 0.2) is 30.3 Å². The smallest absolute Gasteiger partial charge is 0.305 e. The maximum absolute atomic E-state index is 12.8. The predicted molar refractivity (Wildman–Crippen MR) is 84.6 cm³/mol. The lowest BCUT2D eigenvalue weighted by molar-refractivity contribution is -0.141. The van der Waals surface area contributed by atoms with E-state index in [0.717, 1.165) is 17.7 Å². The van der Waals surface area contributed by atoms with E-state index < -0.39 is 5.97 Å². The standard InChI is InChI=1S/C16H21NO3S/c1-2-14(12-6-4-3-5-7-12)16(20)17-8-9-21-11-13(17)10-15(18)19/h3-7,13-14H,2,8-11H2,1H3,(H,18,19). The fourth-order valence-electron chi connectivity index (χ4n) is 2.75. The molecule has 1 aliphatic rings. The fourth-order valence-corrected chi connectivity index (χ4v) is 3.82. The molecule has 5 heteroatoms. The minimum absolute atomic E-state index is 0.0317. The molecule has 2 rings (SSSR count). The highest BCUT2D eigenvalue weighted by atomic mass is 32.2. The van der Waals surface area contributed by atoms with Crippen LogP contribution in [0.5, 0.6) is 0 Å². The van der Waals surface area contributed by atoms with Crippen molar-refractivity contribution in [2.45, 2.75) is 31.7 Å². The first kappa shape index (κ1) is 15.9. The maximum atomic E-state index is 12.8. The van der Waals surface area contributed by atoms with Crippen LogP contribution in [-0.2, 0) is 9.59 Å². The molecule has 2 unspecified atom stereocenters. The summed E-state index contributed by atoms with van der Waals surface area (Å²) in [5.74, 6) is 0.644. The zero-order valence-corrected chi connectivity index (χ0v) is 13.0. The second-order valence-corrected chi connectivity index (χ2v) is 6.38. The molecule has 0 saturated carbocycles. The van der Waals surface area contributed by atoms with Gasteiger partial charge in [-0.3, -0.25) is 9.59 Å². The third-order valence-corrected chi connectivity index (χ3v) is 4.92. The molecular weight excluding hydrogens is 286 g/mol. The minimum Gasteiger partial charge on any atom is -0.481 e. The average Bonchev–Trinajstić information content (AvgIpc) is 2.49. The molecule has 1 fully saturated rings. The molecule has 1 N–H and O–H groups in total. The molecule has 1 aliphatic heterocycles. The van der Waals surface area contributed by atoms with Gasteiger partial charge in [0, 0.05) is 18.1 Å². The van der Waals surface area contributed by atoms with Gasteiger partial charge in [0.15, 0.2) is 0 Å². The second-order valence-electron chi connectivity index (χ2n) is 5.23. The summed E-state index contributed by atoms with van der Waals surface area (Å²) in [6, 6.07) is 9.56. The lowest BCUT2D eigenvalue weighted by atomic mass is 9.94. The first-order valence-electron chi connectivity index (χ1n) is 7.28. The highest BCUT2D eigenvalue weighted by Crippen LogP contribution is 2.27. The molecule has 114 valence electrons. The van der Waals surface area contributed by atoms with Crippen LogP contribution in [0.2, 0.25) is 0 Å². The number of carboxylic acid groups (broad SMARTS) is 1. The number of hydrogen-bond donors (Lipinski definition) is 1. The lowest BCUT2D eigenvalue weighted by Gasteiger charge is -2.37. The normalized spacial score (nSPS) is 20.0. The first-order chi connectivity index (χ1) is 10.1. The summed E-state index contributed by atoms with van der Waals surface area (Å²) >= 11 is 1.72. The van der Waals surface area contributed by atoms with Crippen LogP contribution in [0.1, 0.15) is 31.2 Å². The van der Waals surface area contributed by atoms with E-state index in [1.165, 1.54) is 0 Å². The van der Waals surface area contributed by atoms with Crippen molar-refractivity contribution < 1.29 is 14.7 Å². The lowest BCUT2D eigenvalue weighted by Crippen LogP contribution is -2.48. The van der Waals surface area contributed by atoms with Crippen LogP contribution < -0.4 is 0 Å². The Morgan fingerprint density at radius 3 is 2.71 bits per heavy atom. The Hall–Kier alpha value is -1.49. The second kappa shape index (κ2) is 7.50. The summed E-state index contributed by atoms with van der Waals surface area (Å²) in [5.41, 5.74) is 1.01. The zero-order chi connectivity index (χ0) is 15.2. The number of rotatable bonds is 5. The fraction of sp³-hybridized carbons (Fsp3) is 0.500. The number of hydrogen-bond acceptors (Lipinski definition) is 3. The van der Waals surface area contributed by atoms with Crippen molar-refractivity contribution in [2.24, 2.45) is 0 Å². The van der Waals surface area contributed by atoms with Gasteiger partial charge in [0.25, 0.3) is 0 Å². The van der Waals surface area contributed by atoms with Crippen molar-refractivity contribution >= 4 is 23.6 Å². The van der Waals surface area contributed by atoms with Crippen LogP contribution in [0.25, 0.3) is 0 Å². The van der Waals surface area contributed by atoms with Gasteiger partial charge in [-0.05, 0) is 12.0 Å². The third-order valence-electron chi connectivity index (χ3n) is 3.83. The Morgan fingerprint density at radius 2 is 2.10 bits per heavy atom. The summed E-state index contributed by atoms with van der Waals surface area (Å²) in [6.45, 7) is 2.64. The monoisotopic (exact) mass is 307 g/mol. The largest absolute Gasteiger partial charge is 0.481 e. The molecule has 0 aromatic heterocycles. The Kier molecular flexibility index (Phi) is 5.67. The van der Waals surface area contributed by atoms with Gasteiger partial charge >= 0.3 is 5.97 Å². The van der Waals surface area contributed by atoms with Crippen LogP contribution in [0, 0.1) is 0 Å². The third kappa shape index (κ3) is 4.00. The molecule has 2 atom stereocenters. The van der Waals surface area contributed by atoms with Gasteiger partial charge < -0.3 is 10.0 Å². The quantitative estimate of drug-likeness (QED) is 0.908. The van der Waals surface area contributed by atoms with E-state index in [0.29, 0.717) is 12.3 Å². The Labute approximate surface area is 129 Å². The first-order valence-corrected chi connectivity index (χ1v) is 8.44. The number of nitrogens with zero attached hydrogens (tertiary/aromatic N) is 1. The Morgan fingerprint density at radius 1 is 1.38 bits per heavy atom. The summed E-state index contributed by atoms with van der Waals surface area (Å²) in [7, 11) is 0. The number of aliphatic carboxylic acids is 1. The van der Waals surface area contributed by atoms with Gasteiger partial charge in [0.2, 0.25) is 5.91 Å². The van der Waals surface area contributed by atoms with Gasteiger partial charge in [-0.2, -0.15) is 11.8 Å². The van der Waals surface area contributed by atoms with Crippen molar-refractivity contribution in [2.75, 3.05) is 18.1 Å². The molecule has 0 bridgehead atoms. The number of carbonyl (C=O) groups excluding carboxylic acids is 1. The summed E-state index contributed by atoms with van der Waals surface area (Å²) in [5, 5.41) is 9.03. The number of carbonyl (C=O) groups is 2. The Balaban J connectivity index is 2.16. The molecule has 1 aromatic rings. The topological polar surface area (TPSA) is 57.6 Å². The molecule has 1 amide bonds. The molecule has 1 saturated heterocycles. The number of benzene rings is 1. The van der Waals surface area contributed by atoms with Crippen molar-refractivity contribution in [3.05, 3.63) is 35.9 Å². The van der Waals surface area contributed by atoms with Crippen LogP contribution in [0.3, 0.4) is 0 Å². The molecular formula is C16H21NO3S. The van der Waals surface area contributed by atoms with Crippen LogP contribution >= 0.6 is 11.8 Å². The van der Waals surface area contributed by atoms with Gasteiger partial charge in [-0.25, -0.2) is 0 Å². The molecule has 0 spiro atoms. The summed E-state index contributed by atoms with van der Waals surface area (Å²) in [4.78, 5) is 25.6. The van der Waals surface area contributed by atoms with Crippen molar-refractivity contribution in [1.29, 1.82) is 0 Å². The number of thioether (sulfide) groups is 1. The number of amides is 1. The van der Waals surface area contributed by atoms with Gasteiger partial charge in [0.05, 0.1) is 18.4 Å². The molecule has 1 aromatic carbocycles. The average molecular weight is 307 g/mol. The maximum Gasteiger partial charge on any atom is 0.305 e. The van der Waals surface area contributed by atoms with Crippen LogP contribution in [-0.4, -0.2) is 46.0 Å². The van der Waals surface area contributed by atoms with E-state index in [-0.39, 0.29) is 24.3 Å². The van der Waals surface area contributed by atoms with Gasteiger partial charge in [-0.15, -0.1) is 0 Å². The van der Waals surface area contributed by atoms with E-state index in [2.05, 4.69) is 0 Å². The molecule has 1 heterocycles. The van der Waals surface area contributed by atoms with E-state index >= 15 is 0 Å². The van der Waals surface area contributed by atoms with Crippen LogP contribution in [0.4, 0.5) is 0 Å². The summed E-state index contributed by atoms with van der Waals surface area (Å²) in [6.07, 6.45) is 0.760. The van der Waals surface area contributed by atoms with Gasteiger partial charge in [0.1, 0.15) is 0 Å². The number of carboxylic acids is 1.